The van der Waals surface area contributed by atoms with Crippen molar-refractivity contribution in [2.75, 3.05) is 23.5 Å². The van der Waals surface area contributed by atoms with Crippen LogP contribution >= 0.6 is 34.4 Å². The number of ether oxygens (including phenoxy) is 1. The first-order chi connectivity index (χ1) is 14.0. The van der Waals surface area contributed by atoms with Gasteiger partial charge in [-0.15, -0.1) is 11.8 Å². The van der Waals surface area contributed by atoms with E-state index < -0.39 is 0 Å². The Bertz CT molecular complexity index is 974. The summed E-state index contributed by atoms with van der Waals surface area (Å²) in [5.74, 6) is 0.760. The Morgan fingerprint density at radius 3 is 2.07 bits per heavy atom. The van der Waals surface area contributed by atoms with E-state index in [1.54, 1.807) is 31.4 Å². The maximum atomic E-state index is 12.3. The maximum Gasteiger partial charge on any atom is 0.255 e. The number of carbonyl (C=O) groups is 2. The number of hydrogen-bond donors (Lipinski definition) is 2. The average molecular weight is 518 g/mol. The van der Waals surface area contributed by atoms with Crippen LogP contribution in [0.3, 0.4) is 0 Å². The predicted molar refractivity (Wildman–Crippen MR) is 126 cm³/mol. The van der Waals surface area contributed by atoms with E-state index in [1.165, 1.54) is 11.8 Å². The molecule has 29 heavy (non-hydrogen) atoms. The molecule has 0 aliphatic rings. The topological polar surface area (TPSA) is 67.4 Å². The van der Waals surface area contributed by atoms with Crippen LogP contribution in [0.5, 0.6) is 5.75 Å². The van der Waals surface area contributed by atoms with Gasteiger partial charge in [0.05, 0.1) is 12.9 Å². The van der Waals surface area contributed by atoms with Crippen LogP contribution in [0.1, 0.15) is 10.4 Å². The first-order valence-corrected chi connectivity index (χ1v) is 10.8. The van der Waals surface area contributed by atoms with Gasteiger partial charge >= 0.3 is 0 Å². The largest absolute Gasteiger partial charge is 0.497 e. The number of halogens is 1. The molecule has 0 unspecified atom stereocenters. The van der Waals surface area contributed by atoms with E-state index in [0.29, 0.717) is 22.8 Å². The Kier molecular flexibility index (Phi) is 7.54. The van der Waals surface area contributed by atoms with Crippen molar-refractivity contribution in [2.45, 2.75) is 4.90 Å². The van der Waals surface area contributed by atoms with Gasteiger partial charge in [0.1, 0.15) is 5.75 Å². The normalized spacial score (nSPS) is 10.3. The van der Waals surface area contributed by atoms with Crippen LogP contribution < -0.4 is 15.4 Å². The fraction of sp³-hybridized carbons (Fsp3) is 0.0909. The third-order valence-electron chi connectivity index (χ3n) is 3.96. The number of carbonyl (C=O) groups excluding carboxylic acids is 2. The van der Waals surface area contributed by atoms with Gasteiger partial charge < -0.3 is 15.4 Å². The summed E-state index contributed by atoms with van der Waals surface area (Å²) in [6, 6.07) is 22.0. The summed E-state index contributed by atoms with van der Waals surface area (Å²) in [4.78, 5) is 25.3. The fourth-order valence-corrected chi connectivity index (χ4v) is 3.52. The van der Waals surface area contributed by atoms with Crippen molar-refractivity contribution in [1.29, 1.82) is 0 Å². The third-order valence-corrected chi connectivity index (χ3v) is 5.69. The molecule has 2 N–H and O–H groups in total. The zero-order valence-corrected chi connectivity index (χ0v) is 18.6. The molecule has 0 aromatic heterocycles. The Labute approximate surface area is 187 Å². The van der Waals surface area contributed by atoms with Crippen LogP contribution in [0.4, 0.5) is 11.4 Å². The van der Waals surface area contributed by atoms with E-state index >= 15 is 0 Å². The van der Waals surface area contributed by atoms with E-state index in [1.807, 2.05) is 48.5 Å². The first-order valence-electron chi connectivity index (χ1n) is 8.77. The summed E-state index contributed by atoms with van der Waals surface area (Å²) < 4.78 is 6.21. The molecule has 3 aromatic rings. The zero-order chi connectivity index (χ0) is 20.6. The number of anilines is 2. The van der Waals surface area contributed by atoms with Crippen molar-refractivity contribution in [3.63, 3.8) is 0 Å². The fourth-order valence-electron chi connectivity index (χ4n) is 2.46. The van der Waals surface area contributed by atoms with Gasteiger partial charge in [0.15, 0.2) is 0 Å². The van der Waals surface area contributed by atoms with Gasteiger partial charge in [-0.3, -0.25) is 9.59 Å². The van der Waals surface area contributed by atoms with Gasteiger partial charge in [-0.1, -0.05) is 0 Å². The molecular formula is C22H19IN2O3S. The lowest BCUT2D eigenvalue weighted by Gasteiger charge is -2.08. The Hall–Kier alpha value is -2.52. The summed E-state index contributed by atoms with van der Waals surface area (Å²) in [6.45, 7) is 0. The minimum Gasteiger partial charge on any atom is -0.497 e. The third kappa shape index (κ3) is 6.50. The van der Waals surface area contributed by atoms with Crippen LogP contribution in [0.25, 0.3) is 0 Å². The average Bonchev–Trinajstić information content (AvgIpc) is 2.75. The second-order valence-corrected chi connectivity index (χ2v) is 8.35. The lowest BCUT2D eigenvalue weighted by atomic mass is 10.2. The molecule has 0 aliphatic heterocycles. The first kappa shape index (κ1) is 21.2. The second-order valence-electron chi connectivity index (χ2n) is 6.05. The Morgan fingerprint density at radius 2 is 1.45 bits per heavy atom. The molecule has 0 atom stereocenters. The molecule has 0 heterocycles. The van der Waals surface area contributed by atoms with Crippen molar-refractivity contribution in [1.82, 2.24) is 0 Å². The van der Waals surface area contributed by atoms with Gasteiger partial charge in [0.25, 0.3) is 5.91 Å². The van der Waals surface area contributed by atoms with Crippen LogP contribution in [0, 0.1) is 3.57 Å². The molecule has 7 heteroatoms. The van der Waals surface area contributed by atoms with Crippen molar-refractivity contribution in [2.24, 2.45) is 0 Å². The summed E-state index contributed by atoms with van der Waals surface area (Å²) >= 11 is 3.66. The number of methoxy groups -OCH3 is 1. The quantitative estimate of drug-likeness (QED) is 0.330. The number of thioether (sulfide) groups is 1. The zero-order valence-electron chi connectivity index (χ0n) is 15.6. The van der Waals surface area contributed by atoms with Crippen molar-refractivity contribution in [3.8, 4) is 5.75 Å². The highest BCUT2D eigenvalue weighted by Crippen LogP contribution is 2.21. The molecule has 0 saturated carbocycles. The maximum absolute atomic E-state index is 12.3. The highest BCUT2D eigenvalue weighted by atomic mass is 127. The molecule has 0 spiro atoms. The highest BCUT2D eigenvalue weighted by Gasteiger charge is 2.07. The summed E-state index contributed by atoms with van der Waals surface area (Å²) in [5, 5.41) is 5.73. The van der Waals surface area contributed by atoms with Crippen LogP contribution in [-0.2, 0) is 4.79 Å². The minimum atomic E-state index is -0.190. The molecule has 2 amide bonds. The summed E-state index contributed by atoms with van der Waals surface area (Å²) in [5.41, 5.74) is 2.03. The lowest BCUT2D eigenvalue weighted by Crippen LogP contribution is -2.14. The molecule has 0 radical (unpaired) electrons. The number of rotatable bonds is 7. The molecule has 3 rings (SSSR count). The van der Waals surface area contributed by atoms with Crippen molar-refractivity contribution >= 4 is 57.5 Å². The Balaban J connectivity index is 1.49. The molecule has 148 valence electrons. The van der Waals surface area contributed by atoms with Gasteiger partial charge in [-0.05, 0) is 95.4 Å². The molecule has 0 aliphatic carbocycles. The number of amides is 2. The van der Waals surface area contributed by atoms with Gasteiger partial charge in [0.2, 0.25) is 5.91 Å². The number of benzene rings is 3. The lowest BCUT2D eigenvalue weighted by molar-refractivity contribution is -0.113. The number of hydrogen-bond acceptors (Lipinski definition) is 4. The van der Waals surface area contributed by atoms with E-state index in [0.717, 1.165) is 14.2 Å². The predicted octanol–water partition coefficient (Wildman–Crippen LogP) is 5.28. The standard InChI is InChI=1S/C22H19IN2O3S/c1-28-19-10-2-15(3-11-19)22(27)25-18-8-12-20(13-9-18)29-14-21(26)24-17-6-4-16(23)5-7-17/h2-13H,14H2,1H3,(H,24,26)(H,25,27). The van der Waals surface area contributed by atoms with Gasteiger partial charge in [-0.25, -0.2) is 0 Å². The van der Waals surface area contributed by atoms with Crippen LogP contribution in [-0.4, -0.2) is 24.7 Å². The van der Waals surface area contributed by atoms with Gasteiger partial charge in [0, 0.05) is 25.4 Å². The summed E-state index contributed by atoms with van der Waals surface area (Å²) in [6.07, 6.45) is 0. The molecular weight excluding hydrogens is 499 g/mol. The van der Waals surface area contributed by atoms with E-state index in [2.05, 4.69) is 33.2 Å². The molecule has 0 saturated heterocycles. The summed E-state index contributed by atoms with van der Waals surface area (Å²) in [7, 11) is 1.58. The molecule has 0 fully saturated rings. The van der Waals surface area contributed by atoms with Gasteiger partial charge in [-0.2, -0.15) is 0 Å². The van der Waals surface area contributed by atoms with E-state index in [4.69, 9.17) is 4.74 Å². The SMILES string of the molecule is COc1ccc(C(=O)Nc2ccc(SCC(=O)Nc3ccc(I)cc3)cc2)cc1. The molecule has 0 bridgehead atoms. The van der Waals surface area contributed by atoms with Crippen molar-refractivity contribution < 1.29 is 14.3 Å². The molecule has 3 aromatic carbocycles. The number of nitrogens with one attached hydrogen (secondary N) is 2. The monoisotopic (exact) mass is 518 g/mol. The van der Waals surface area contributed by atoms with Crippen LogP contribution in [0.2, 0.25) is 0 Å². The van der Waals surface area contributed by atoms with E-state index in [-0.39, 0.29) is 11.8 Å². The smallest absolute Gasteiger partial charge is 0.255 e. The second kappa shape index (κ2) is 10.3. The van der Waals surface area contributed by atoms with E-state index in [9.17, 15) is 9.59 Å². The molecule has 5 nitrogen and oxygen atoms in total. The minimum absolute atomic E-state index is 0.0620. The van der Waals surface area contributed by atoms with Crippen LogP contribution in [0.15, 0.2) is 77.7 Å². The highest BCUT2D eigenvalue weighted by molar-refractivity contribution is 14.1. The van der Waals surface area contributed by atoms with Crippen molar-refractivity contribution in [3.05, 3.63) is 81.9 Å². The Morgan fingerprint density at radius 1 is 0.862 bits per heavy atom.